The molecule has 0 atom stereocenters. The zero-order valence-electron chi connectivity index (χ0n) is 17.5. The van der Waals surface area contributed by atoms with E-state index in [1.54, 1.807) is 32.9 Å². The molecule has 7 nitrogen and oxygen atoms in total. The van der Waals surface area contributed by atoms with Crippen LogP contribution in [0.15, 0.2) is 48.3 Å². The highest BCUT2D eigenvalue weighted by Crippen LogP contribution is 2.37. The number of hydrogen-bond donors (Lipinski definition) is 2. The van der Waals surface area contributed by atoms with Crippen molar-refractivity contribution >= 4 is 34.9 Å². The van der Waals surface area contributed by atoms with Crippen LogP contribution in [0.2, 0.25) is 5.02 Å². The topological polar surface area (TPSA) is 77.6 Å². The van der Waals surface area contributed by atoms with Gasteiger partial charge in [0.2, 0.25) is 0 Å². The standard InChI is InChI=1S/C21H21ClF3N5O2/c1-12(2)27-19(31)14-7-4-6-13(3)17(14)28-20(32)16-9-11-29(21(23,24)25)30(16)18-15(22)8-5-10-26-18/h4-10,12H,11H2,1-3H3,(H,27,31)(H,28,32). The van der Waals surface area contributed by atoms with E-state index in [4.69, 9.17) is 11.6 Å². The average molecular weight is 468 g/mol. The molecular formula is C21H21ClF3N5O2. The summed E-state index contributed by atoms with van der Waals surface area (Å²) < 4.78 is 40.9. The van der Waals surface area contributed by atoms with Crippen LogP contribution in [0, 0.1) is 6.92 Å². The fourth-order valence-electron chi connectivity index (χ4n) is 3.18. The van der Waals surface area contributed by atoms with Gasteiger partial charge >= 0.3 is 6.30 Å². The number of rotatable bonds is 5. The highest BCUT2D eigenvalue weighted by molar-refractivity contribution is 6.33. The number of aryl methyl sites for hydroxylation is 1. The predicted molar refractivity (Wildman–Crippen MR) is 115 cm³/mol. The van der Waals surface area contributed by atoms with E-state index in [1.165, 1.54) is 24.4 Å². The van der Waals surface area contributed by atoms with Crippen molar-refractivity contribution in [1.29, 1.82) is 0 Å². The van der Waals surface area contributed by atoms with Crippen molar-refractivity contribution in [2.75, 3.05) is 16.9 Å². The minimum Gasteiger partial charge on any atom is -0.350 e. The molecule has 2 amide bonds. The quantitative estimate of drug-likeness (QED) is 0.642. The molecule has 0 radical (unpaired) electrons. The number of carbonyl (C=O) groups is 2. The van der Waals surface area contributed by atoms with Gasteiger partial charge in [0.1, 0.15) is 5.70 Å². The third-order valence-corrected chi connectivity index (χ3v) is 4.86. The maximum Gasteiger partial charge on any atom is 0.478 e. The van der Waals surface area contributed by atoms with Gasteiger partial charge in [-0.2, -0.15) is 13.2 Å². The van der Waals surface area contributed by atoms with Crippen LogP contribution in [0.5, 0.6) is 0 Å². The molecule has 2 N–H and O–H groups in total. The highest BCUT2D eigenvalue weighted by Gasteiger charge is 2.47. The van der Waals surface area contributed by atoms with Crippen molar-refractivity contribution in [3.63, 3.8) is 0 Å². The van der Waals surface area contributed by atoms with Crippen molar-refractivity contribution < 1.29 is 22.8 Å². The number of nitrogens with one attached hydrogen (secondary N) is 2. The first kappa shape index (κ1) is 23.6. The van der Waals surface area contributed by atoms with Gasteiger partial charge in [-0.15, -0.1) is 5.01 Å². The zero-order valence-corrected chi connectivity index (χ0v) is 18.3. The van der Waals surface area contributed by atoms with Crippen molar-refractivity contribution in [2.24, 2.45) is 0 Å². The van der Waals surface area contributed by atoms with Gasteiger partial charge in [-0.3, -0.25) is 9.59 Å². The summed E-state index contributed by atoms with van der Waals surface area (Å²) in [6.45, 7) is 4.65. The lowest BCUT2D eigenvalue weighted by molar-refractivity contribution is -0.241. The summed E-state index contributed by atoms with van der Waals surface area (Å²) >= 11 is 6.08. The van der Waals surface area contributed by atoms with Crippen molar-refractivity contribution in [1.82, 2.24) is 15.3 Å². The number of alkyl halides is 3. The summed E-state index contributed by atoms with van der Waals surface area (Å²) in [6.07, 6.45) is -2.39. The van der Waals surface area contributed by atoms with Gasteiger partial charge in [0.05, 0.1) is 16.3 Å². The van der Waals surface area contributed by atoms with E-state index in [2.05, 4.69) is 15.6 Å². The summed E-state index contributed by atoms with van der Waals surface area (Å²) in [5.74, 6) is -1.50. The van der Waals surface area contributed by atoms with Crippen molar-refractivity contribution in [2.45, 2.75) is 33.1 Å². The third kappa shape index (κ3) is 4.86. The molecule has 170 valence electrons. The molecule has 1 aromatic heterocycles. The monoisotopic (exact) mass is 467 g/mol. The number of anilines is 2. The number of carbonyl (C=O) groups excluding carboxylic acids is 2. The summed E-state index contributed by atoms with van der Waals surface area (Å²) in [5, 5.41) is 5.93. The number of nitrogens with zero attached hydrogens (tertiary/aromatic N) is 3. The Bertz CT molecular complexity index is 1070. The van der Waals surface area contributed by atoms with Crippen LogP contribution in [0.4, 0.5) is 24.7 Å². The molecule has 3 rings (SSSR count). The number of aromatic nitrogens is 1. The van der Waals surface area contributed by atoms with Crippen LogP contribution in [0.3, 0.4) is 0 Å². The Morgan fingerprint density at radius 3 is 2.50 bits per heavy atom. The van der Waals surface area contributed by atoms with Crippen LogP contribution in [-0.4, -0.2) is 40.7 Å². The number of halogens is 4. The molecule has 0 bridgehead atoms. The fraction of sp³-hybridized carbons (Fsp3) is 0.286. The molecular weight excluding hydrogens is 447 g/mol. The molecule has 0 saturated carbocycles. The van der Waals surface area contributed by atoms with Crippen LogP contribution in [0.25, 0.3) is 0 Å². The number of para-hydroxylation sites is 1. The van der Waals surface area contributed by atoms with Gasteiger partial charge in [0, 0.05) is 18.8 Å². The maximum atomic E-state index is 13.6. The summed E-state index contributed by atoms with van der Waals surface area (Å²) in [5.41, 5.74) is 0.652. The predicted octanol–water partition coefficient (Wildman–Crippen LogP) is 4.26. The summed E-state index contributed by atoms with van der Waals surface area (Å²) in [6, 6.07) is 7.56. The number of pyridine rings is 1. The third-order valence-electron chi connectivity index (χ3n) is 4.57. The number of amides is 2. The second-order valence-electron chi connectivity index (χ2n) is 7.34. The summed E-state index contributed by atoms with van der Waals surface area (Å²) in [4.78, 5) is 29.6. The van der Waals surface area contributed by atoms with Gasteiger partial charge in [0.15, 0.2) is 5.82 Å². The summed E-state index contributed by atoms with van der Waals surface area (Å²) in [7, 11) is 0. The molecule has 32 heavy (non-hydrogen) atoms. The molecule has 0 fully saturated rings. The van der Waals surface area contributed by atoms with Crippen molar-refractivity contribution in [3.8, 4) is 0 Å². The van der Waals surface area contributed by atoms with Gasteiger partial charge in [0.25, 0.3) is 11.8 Å². The molecule has 1 aromatic carbocycles. The molecule has 0 saturated heterocycles. The average Bonchev–Trinajstić information content (AvgIpc) is 3.14. The molecule has 0 spiro atoms. The Morgan fingerprint density at radius 2 is 1.88 bits per heavy atom. The van der Waals surface area contributed by atoms with Gasteiger partial charge in [-0.05, 0) is 50.6 Å². The van der Waals surface area contributed by atoms with E-state index < -0.39 is 24.7 Å². The SMILES string of the molecule is Cc1cccc(C(=O)NC(C)C)c1NC(=O)C1=CCN(C(F)(F)F)N1c1ncccc1Cl. The Morgan fingerprint density at radius 1 is 1.16 bits per heavy atom. The Balaban J connectivity index is 1.97. The van der Waals surface area contributed by atoms with Crippen LogP contribution in [-0.2, 0) is 4.79 Å². The lowest BCUT2D eigenvalue weighted by atomic mass is 10.1. The number of hydrogen-bond acceptors (Lipinski definition) is 5. The van der Waals surface area contributed by atoms with Crippen LogP contribution < -0.4 is 15.6 Å². The molecule has 11 heteroatoms. The Hall–Kier alpha value is -3.11. The zero-order chi connectivity index (χ0) is 23.6. The van der Waals surface area contributed by atoms with E-state index in [1.807, 2.05) is 0 Å². The molecule has 2 heterocycles. The Labute approximate surface area is 187 Å². The largest absolute Gasteiger partial charge is 0.478 e. The van der Waals surface area contributed by atoms with Gasteiger partial charge in [-0.1, -0.05) is 23.7 Å². The van der Waals surface area contributed by atoms with Crippen LogP contribution in [0.1, 0.15) is 29.8 Å². The molecule has 2 aromatic rings. The highest BCUT2D eigenvalue weighted by atomic mass is 35.5. The molecule has 0 unspecified atom stereocenters. The lowest BCUT2D eigenvalue weighted by Gasteiger charge is -2.32. The van der Waals surface area contributed by atoms with E-state index in [9.17, 15) is 22.8 Å². The molecule has 0 aliphatic carbocycles. The van der Waals surface area contributed by atoms with E-state index in [0.29, 0.717) is 10.6 Å². The maximum absolute atomic E-state index is 13.6. The second-order valence-corrected chi connectivity index (χ2v) is 7.75. The lowest BCUT2D eigenvalue weighted by Crippen LogP contribution is -2.49. The van der Waals surface area contributed by atoms with Gasteiger partial charge < -0.3 is 10.6 Å². The second kappa shape index (κ2) is 9.17. The first-order valence-electron chi connectivity index (χ1n) is 9.67. The normalized spacial score (nSPS) is 14.5. The molecule has 1 aliphatic rings. The Kier molecular flexibility index (Phi) is 6.75. The minimum absolute atomic E-state index is 0.0281. The fourth-order valence-corrected chi connectivity index (χ4v) is 3.38. The van der Waals surface area contributed by atoms with Gasteiger partial charge in [-0.25, -0.2) is 9.99 Å². The molecule has 1 aliphatic heterocycles. The first-order chi connectivity index (χ1) is 15.0. The minimum atomic E-state index is -4.79. The van der Waals surface area contributed by atoms with E-state index in [-0.39, 0.29) is 38.8 Å². The number of benzene rings is 1. The van der Waals surface area contributed by atoms with Crippen molar-refractivity contribution in [3.05, 3.63) is 64.5 Å². The van der Waals surface area contributed by atoms with E-state index in [0.717, 1.165) is 6.08 Å². The number of hydrazine groups is 1. The van der Waals surface area contributed by atoms with E-state index >= 15 is 0 Å². The smallest absolute Gasteiger partial charge is 0.350 e. The first-order valence-corrected chi connectivity index (χ1v) is 10.1. The van der Waals surface area contributed by atoms with Crippen LogP contribution >= 0.6 is 11.6 Å².